The molecule has 22 heavy (non-hydrogen) atoms. The molecule has 0 aliphatic carbocycles. The lowest BCUT2D eigenvalue weighted by Gasteiger charge is -2.26. The molecule has 0 aromatic heterocycles. The monoisotopic (exact) mass is 368 g/mol. The minimum atomic E-state index is -7.66. The maximum atomic E-state index is 12.5. The highest BCUT2D eigenvalue weighted by atomic mass is 19.4. The number of halogens is 14. The van der Waals surface area contributed by atoms with Crippen molar-refractivity contribution in [3.63, 3.8) is 0 Å². The van der Waals surface area contributed by atoms with E-state index in [9.17, 15) is 66.4 Å². The molecular weight excluding hydrogens is 368 g/mol. The Morgan fingerprint density at radius 1 is 0.455 bits per heavy atom. The maximum absolute atomic E-state index is 12.5. The quantitative estimate of drug-likeness (QED) is 0.411. The van der Waals surface area contributed by atoms with E-state index >= 15 is 0 Å². The van der Waals surface area contributed by atoms with Gasteiger partial charge in [0.2, 0.25) is 0 Å². The fourth-order valence-electron chi connectivity index (χ4n) is 0.772. The predicted molar refractivity (Wildman–Crippen MR) is 35.5 cm³/mol. The zero-order valence-corrected chi connectivity index (χ0v) is 9.15. The van der Waals surface area contributed by atoms with Crippen LogP contribution >= 0.6 is 0 Å². The fourth-order valence-corrected chi connectivity index (χ4v) is 0.772. The predicted octanol–water partition coefficient (Wildman–Crippen LogP) is 4.35. The Morgan fingerprint density at radius 2 is 0.636 bits per heavy atom. The lowest BCUT2D eigenvalue weighted by Crippen LogP contribution is -2.66. The second-order valence-corrected chi connectivity index (χ2v) is 3.52. The summed E-state index contributed by atoms with van der Waals surface area (Å²) in [5.41, 5.74) is 0. The molecule has 0 heterocycles. The Balaban J connectivity index is 6.07. The molecule has 0 saturated heterocycles. The topological polar surface area (TPSA) is 20.1 Å². The first-order valence-electron chi connectivity index (χ1n) is 4.28. The molecule has 2 nitrogen and oxygen atoms in total. The third-order valence-corrected chi connectivity index (χ3v) is 1.98. The average Bonchev–Trinajstić information content (AvgIpc) is 2.24. The Morgan fingerprint density at radius 3 is 0.773 bits per heavy atom. The number of alkyl halides is 14. The number of nitrogens with zero attached hydrogens (tertiary/aromatic N) is 1. The fraction of sp³-hybridized carbons (Fsp3) is 1.00. The molecule has 132 valence electrons. The standard InChI is InChI=1S/C6F14NO/c7-1(8,3(11,12)13)5(17,18)21(22)6(19,20)2(9,10)4(14,15)16/q+1. The minimum absolute atomic E-state index is 4.22. The highest BCUT2D eigenvalue weighted by molar-refractivity contribution is 4.89. The number of rotatable bonds is 4. The molecule has 0 fully saturated rings. The molecule has 0 amide bonds. The molecule has 16 heteroatoms. The van der Waals surface area contributed by atoms with Crippen molar-refractivity contribution in [1.29, 1.82) is 0 Å². The summed E-state index contributed by atoms with van der Waals surface area (Å²) in [5, 5.41) is 0. The first kappa shape index (κ1) is 20.6. The molecular formula is C6F14NO+. The van der Waals surface area contributed by atoms with Crippen LogP contribution in [0.3, 0.4) is 0 Å². The van der Waals surface area contributed by atoms with Gasteiger partial charge in [-0.1, -0.05) is 0 Å². The first-order chi connectivity index (χ1) is 9.15. The zero-order chi connectivity index (χ0) is 18.6. The average molecular weight is 368 g/mol. The minimum Gasteiger partial charge on any atom is -0.183 e. The molecule has 0 spiro atoms. The smallest absolute Gasteiger partial charge is 0.183 e. The van der Waals surface area contributed by atoms with Crippen molar-refractivity contribution in [2.45, 2.75) is 36.3 Å². The van der Waals surface area contributed by atoms with Crippen LogP contribution in [0.25, 0.3) is 0 Å². The van der Waals surface area contributed by atoms with Gasteiger partial charge >= 0.3 is 36.3 Å². The summed E-state index contributed by atoms with van der Waals surface area (Å²) < 4.78 is 164. The van der Waals surface area contributed by atoms with E-state index < -0.39 is 41.1 Å². The van der Waals surface area contributed by atoms with Crippen LogP contribution in [-0.4, -0.2) is 41.1 Å². The summed E-state index contributed by atoms with van der Waals surface area (Å²) in [4.78, 5) is 10.1. The van der Waals surface area contributed by atoms with Gasteiger partial charge in [0, 0.05) is 4.91 Å². The number of hydrogen-bond donors (Lipinski definition) is 0. The van der Waals surface area contributed by atoms with Crippen LogP contribution in [0.2, 0.25) is 0 Å². The van der Waals surface area contributed by atoms with E-state index in [4.69, 9.17) is 0 Å². The maximum Gasteiger partial charge on any atom is 0.582 e. The van der Waals surface area contributed by atoms with Crippen LogP contribution in [-0.2, 0) is 0 Å². The van der Waals surface area contributed by atoms with Crippen LogP contribution in [0.1, 0.15) is 0 Å². The Hall–Kier alpha value is -1.38. The highest BCUT2D eigenvalue weighted by Gasteiger charge is 2.93. The van der Waals surface area contributed by atoms with E-state index in [-0.39, 0.29) is 0 Å². The number of hydrogen-bond acceptors (Lipinski definition) is 1. The zero-order valence-electron chi connectivity index (χ0n) is 9.15. The lowest BCUT2D eigenvalue weighted by molar-refractivity contribution is -0.834. The summed E-state index contributed by atoms with van der Waals surface area (Å²) in [6, 6.07) is -15.3. The van der Waals surface area contributed by atoms with Gasteiger partial charge in [0.25, 0.3) is 0 Å². The molecule has 0 aliphatic rings. The molecule has 0 saturated carbocycles. The van der Waals surface area contributed by atoms with Crippen LogP contribution < -0.4 is 0 Å². The Labute approximate surface area is 109 Å². The molecule has 0 aromatic rings. The molecule has 0 unspecified atom stereocenters. The van der Waals surface area contributed by atoms with Gasteiger partial charge in [0.1, 0.15) is 0 Å². The van der Waals surface area contributed by atoms with Crippen molar-refractivity contribution in [2.24, 2.45) is 0 Å². The largest absolute Gasteiger partial charge is 0.582 e. The van der Waals surface area contributed by atoms with Crippen molar-refractivity contribution < 1.29 is 66.2 Å². The summed E-state index contributed by atoms with van der Waals surface area (Å²) >= 11 is 0. The van der Waals surface area contributed by atoms with E-state index in [0.717, 1.165) is 0 Å². The van der Waals surface area contributed by atoms with Crippen molar-refractivity contribution in [1.82, 2.24) is 0 Å². The highest BCUT2D eigenvalue weighted by Crippen LogP contribution is 2.53. The lowest BCUT2D eigenvalue weighted by atomic mass is 10.2. The van der Waals surface area contributed by atoms with Gasteiger partial charge in [-0.2, -0.15) is 43.9 Å². The van der Waals surface area contributed by atoms with Crippen LogP contribution in [0, 0.1) is 4.91 Å². The van der Waals surface area contributed by atoms with Gasteiger partial charge in [0.05, 0.1) is 0 Å². The van der Waals surface area contributed by atoms with Crippen molar-refractivity contribution in [3.05, 3.63) is 4.91 Å². The van der Waals surface area contributed by atoms with Gasteiger partial charge in [-0.05, 0) is 0 Å². The summed E-state index contributed by atoms with van der Waals surface area (Å²) in [6.07, 6.45) is -14.8. The molecule has 0 aliphatic heterocycles. The second kappa shape index (κ2) is 4.81. The number of nitroso groups, excluding NO2 is 1. The van der Waals surface area contributed by atoms with E-state index in [1.54, 1.807) is 0 Å². The molecule has 0 aromatic carbocycles. The van der Waals surface area contributed by atoms with Gasteiger partial charge < -0.3 is 0 Å². The van der Waals surface area contributed by atoms with Gasteiger partial charge in [-0.25, -0.2) is 0 Å². The third kappa shape index (κ3) is 2.66. The molecule has 0 radical (unpaired) electrons. The molecule has 0 bridgehead atoms. The van der Waals surface area contributed by atoms with Gasteiger partial charge in [-0.3, -0.25) is 0 Å². The summed E-state index contributed by atoms with van der Waals surface area (Å²) in [5.74, 6) is -15.3. The van der Waals surface area contributed by atoms with Crippen molar-refractivity contribution >= 4 is 0 Å². The second-order valence-electron chi connectivity index (χ2n) is 3.52. The van der Waals surface area contributed by atoms with E-state index in [1.165, 1.54) is 0 Å². The van der Waals surface area contributed by atoms with E-state index in [0.29, 0.717) is 0 Å². The normalized spacial score (nSPS) is 15.9. The van der Waals surface area contributed by atoms with E-state index in [2.05, 4.69) is 0 Å². The molecule has 0 N–H and O–H groups in total. The van der Waals surface area contributed by atoms with Crippen molar-refractivity contribution in [2.75, 3.05) is 0 Å². The SMILES string of the molecule is O=[N+](C(F)(F)C(F)(F)C(F)(F)F)C(F)(F)C(F)(F)C(F)(F)F. The Bertz CT molecular complexity index is 403. The Kier molecular flexibility index (Phi) is 4.50. The van der Waals surface area contributed by atoms with Gasteiger partial charge in [0.15, 0.2) is 4.76 Å². The molecule has 0 atom stereocenters. The van der Waals surface area contributed by atoms with Gasteiger partial charge in [-0.15, -0.1) is 17.6 Å². The van der Waals surface area contributed by atoms with Crippen LogP contribution in [0.15, 0.2) is 0 Å². The van der Waals surface area contributed by atoms with Crippen LogP contribution in [0.4, 0.5) is 61.5 Å². The first-order valence-corrected chi connectivity index (χ1v) is 4.28. The van der Waals surface area contributed by atoms with Crippen LogP contribution in [0.5, 0.6) is 0 Å². The van der Waals surface area contributed by atoms with Crippen molar-refractivity contribution in [3.8, 4) is 0 Å². The summed E-state index contributed by atoms with van der Waals surface area (Å²) in [7, 11) is 0. The summed E-state index contributed by atoms with van der Waals surface area (Å²) in [6.45, 7) is 0. The molecule has 0 rings (SSSR count). The van der Waals surface area contributed by atoms with E-state index in [1.807, 2.05) is 0 Å². The third-order valence-electron chi connectivity index (χ3n) is 1.98.